The molecule has 1 fully saturated rings. The van der Waals surface area contributed by atoms with Gasteiger partial charge in [-0.25, -0.2) is 14.5 Å². The molecule has 6 heterocycles. The van der Waals surface area contributed by atoms with Crippen LogP contribution < -0.4 is 15.4 Å². The van der Waals surface area contributed by atoms with E-state index in [2.05, 4.69) is 31.0 Å². The molecule has 6 rings (SSSR count). The molecule has 0 radical (unpaired) electrons. The Morgan fingerprint density at radius 3 is 2.41 bits per heavy atom. The van der Waals surface area contributed by atoms with Crippen LogP contribution in [0.1, 0.15) is 15.9 Å². The number of anilines is 1. The van der Waals surface area contributed by atoms with E-state index in [1.54, 1.807) is 22.5 Å². The first-order valence-corrected chi connectivity index (χ1v) is 12.7. The van der Waals surface area contributed by atoms with Crippen LogP contribution in [0.2, 0.25) is 0 Å². The minimum atomic E-state index is -0.520. The summed E-state index contributed by atoms with van der Waals surface area (Å²) in [6.07, 6.45) is 10.9. The molecule has 0 unspecified atom stereocenters. The van der Waals surface area contributed by atoms with Gasteiger partial charge in [0.2, 0.25) is 5.88 Å². The van der Waals surface area contributed by atoms with Crippen molar-refractivity contribution >= 4 is 17.2 Å². The molecule has 11 nitrogen and oxygen atoms in total. The largest absolute Gasteiger partial charge is 0.481 e. The summed E-state index contributed by atoms with van der Waals surface area (Å²) >= 11 is 0. The van der Waals surface area contributed by atoms with Crippen molar-refractivity contribution in [1.29, 1.82) is 0 Å². The number of rotatable bonds is 7. The van der Waals surface area contributed by atoms with E-state index in [9.17, 15) is 4.79 Å². The molecule has 0 aromatic carbocycles. The molecule has 39 heavy (non-hydrogen) atoms. The highest BCUT2D eigenvalue weighted by molar-refractivity contribution is 6.04. The third kappa shape index (κ3) is 4.91. The zero-order chi connectivity index (χ0) is 26.9. The Morgan fingerprint density at radius 2 is 1.77 bits per heavy atom. The second-order valence-corrected chi connectivity index (χ2v) is 9.64. The first-order chi connectivity index (χ1) is 19.0. The van der Waals surface area contributed by atoms with E-state index < -0.39 is 5.91 Å². The number of aromatic nitrogens is 6. The molecule has 5 aromatic rings. The number of primary amides is 1. The van der Waals surface area contributed by atoms with E-state index in [1.165, 1.54) is 11.8 Å². The quantitative estimate of drug-likeness (QED) is 0.346. The number of nitrogens with zero attached hydrogens (tertiary/aromatic N) is 8. The van der Waals surface area contributed by atoms with E-state index in [-0.39, 0.29) is 0 Å². The molecular weight excluding hydrogens is 494 g/mol. The van der Waals surface area contributed by atoms with Crippen molar-refractivity contribution in [2.45, 2.75) is 6.54 Å². The third-order valence-corrected chi connectivity index (χ3v) is 7.08. The molecule has 11 heteroatoms. The lowest BCUT2D eigenvalue weighted by molar-refractivity contribution is 0.100. The lowest BCUT2D eigenvalue weighted by atomic mass is 10.0. The second-order valence-electron chi connectivity index (χ2n) is 9.64. The van der Waals surface area contributed by atoms with Crippen LogP contribution in [0.25, 0.3) is 27.8 Å². The van der Waals surface area contributed by atoms with Gasteiger partial charge in [0, 0.05) is 92.9 Å². The average molecular weight is 524 g/mol. The summed E-state index contributed by atoms with van der Waals surface area (Å²) in [6.45, 7) is 4.48. The predicted molar refractivity (Wildman–Crippen MR) is 147 cm³/mol. The number of pyridine rings is 3. The van der Waals surface area contributed by atoms with Crippen LogP contribution in [0.4, 0.5) is 5.82 Å². The minimum absolute atomic E-state index is 0.370. The summed E-state index contributed by atoms with van der Waals surface area (Å²) in [4.78, 5) is 26.0. The molecule has 1 aliphatic rings. The highest BCUT2D eigenvalue weighted by Crippen LogP contribution is 2.32. The van der Waals surface area contributed by atoms with Gasteiger partial charge >= 0.3 is 0 Å². The Balaban J connectivity index is 1.22. The summed E-state index contributed by atoms with van der Waals surface area (Å²) < 4.78 is 8.60. The van der Waals surface area contributed by atoms with Gasteiger partial charge in [-0.3, -0.25) is 14.4 Å². The molecule has 0 aliphatic carbocycles. The topological polar surface area (TPSA) is 120 Å². The van der Waals surface area contributed by atoms with Crippen LogP contribution in [0, 0.1) is 0 Å². The summed E-state index contributed by atoms with van der Waals surface area (Å²) in [5.74, 6) is 1.03. The number of hydrogen-bond acceptors (Lipinski definition) is 8. The Labute approximate surface area is 225 Å². The van der Waals surface area contributed by atoms with Gasteiger partial charge in [0.05, 0.1) is 30.6 Å². The number of aryl methyl sites for hydroxylation is 1. The first-order valence-electron chi connectivity index (χ1n) is 12.7. The smallest absolute Gasteiger partial charge is 0.252 e. The molecule has 1 amide bonds. The van der Waals surface area contributed by atoms with Gasteiger partial charge in [-0.15, -0.1) is 0 Å². The zero-order valence-corrected chi connectivity index (χ0v) is 21.9. The number of amides is 1. The van der Waals surface area contributed by atoms with Crippen LogP contribution in [0.5, 0.6) is 5.88 Å². The van der Waals surface area contributed by atoms with E-state index in [4.69, 9.17) is 15.5 Å². The summed E-state index contributed by atoms with van der Waals surface area (Å²) in [5.41, 5.74) is 11.5. The summed E-state index contributed by atoms with van der Waals surface area (Å²) in [5, 5.41) is 8.69. The molecular formula is C28H29N9O2. The molecule has 2 N–H and O–H groups in total. The fourth-order valence-corrected chi connectivity index (χ4v) is 5.00. The lowest BCUT2D eigenvalue weighted by Crippen LogP contribution is -2.46. The van der Waals surface area contributed by atoms with Crippen molar-refractivity contribution in [3.8, 4) is 28.1 Å². The van der Waals surface area contributed by atoms with Crippen LogP contribution in [-0.2, 0) is 13.6 Å². The van der Waals surface area contributed by atoms with Crippen molar-refractivity contribution < 1.29 is 9.53 Å². The number of carbonyl (C=O) groups excluding carboxylic acids is 1. The lowest BCUT2D eigenvalue weighted by Gasteiger charge is -2.35. The normalized spacial score (nSPS) is 14.2. The summed E-state index contributed by atoms with van der Waals surface area (Å²) in [6, 6.07) is 10.1. The number of ether oxygens (including phenoxy) is 1. The fraction of sp³-hybridized carbons (Fsp3) is 0.250. The number of nitrogens with two attached hydrogens (primary N) is 1. The highest BCUT2D eigenvalue weighted by Gasteiger charge is 2.20. The molecule has 1 saturated heterocycles. The average Bonchev–Trinajstić information content (AvgIpc) is 3.60. The molecule has 0 saturated carbocycles. The zero-order valence-electron chi connectivity index (χ0n) is 21.9. The van der Waals surface area contributed by atoms with E-state index in [0.29, 0.717) is 17.0 Å². The Kier molecular flexibility index (Phi) is 6.41. The Hall–Kier alpha value is -4.77. The van der Waals surface area contributed by atoms with Crippen molar-refractivity contribution in [3.05, 3.63) is 78.6 Å². The Bertz CT molecular complexity index is 1620. The first kappa shape index (κ1) is 24.6. The second kappa shape index (κ2) is 10.2. The maximum Gasteiger partial charge on any atom is 0.252 e. The van der Waals surface area contributed by atoms with Crippen molar-refractivity contribution in [2.75, 3.05) is 38.2 Å². The monoisotopic (exact) mass is 523 g/mol. The molecule has 0 spiro atoms. The van der Waals surface area contributed by atoms with Crippen LogP contribution in [-0.4, -0.2) is 73.5 Å². The van der Waals surface area contributed by atoms with Gasteiger partial charge < -0.3 is 15.4 Å². The molecule has 0 bridgehead atoms. The molecule has 198 valence electrons. The van der Waals surface area contributed by atoms with E-state index >= 15 is 0 Å². The van der Waals surface area contributed by atoms with Gasteiger partial charge in [0.1, 0.15) is 5.82 Å². The van der Waals surface area contributed by atoms with Gasteiger partial charge in [-0.05, 0) is 23.8 Å². The predicted octanol–water partition coefficient (Wildman–Crippen LogP) is 2.62. The highest BCUT2D eigenvalue weighted by atomic mass is 16.5. The molecule has 5 aromatic heterocycles. The van der Waals surface area contributed by atoms with Crippen molar-refractivity contribution in [3.63, 3.8) is 0 Å². The number of methoxy groups -OCH3 is 1. The van der Waals surface area contributed by atoms with Crippen molar-refractivity contribution in [1.82, 2.24) is 34.3 Å². The Morgan fingerprint density at radius 1 is 0.923 bits per heavy atom. The number of hydrogen-bond donors (Lipinski definition) is 1. The summed E-state index contributed by atoms with van der Waals surface area (Å²) in [7, 11) is 3.50. The van der Waals surface area contributed by atoms with Crippen LogP contribution in [0.3, 0.4) is 0 Å². The van der Waals surface area contributed by atoms with Gasteiger partial charge in [-0.1, -0.05) is 6.07 Å². The van der Waals surface area contributed by atoms with Crippen LogP contribution >= 0.6 is 0 Å². The fourth-order valence-electron chi connectivity index (χ4n) is 5.00. The SMILES string of the molecule is COc1ccc(CN2CCN(c3ccc(-c4cc(-c5cnn(C)c5)cn5ncc(C(N)=O)c45)cn3)CC2)cn1. The van der Waals surface area contributed by atoms with E-state index in [0.717, 1.165) is 60.8 Å². The van der Waals surface area contributed by atoms with Gasteiger partial charge in [0.25, 0.3) is 5.91 Å². The van der Waals surface area contributed by atoms with Gasteiger partial charge in [0.15, 0.2) is 0 Å². The minimum Gasteiger partial charge on any atom is -0.481 e. The molecule has 1 aliphatic heterocycles. The van der Waals surface area contributed by atoms with Crippen molar-refractivity contribution in [2.24, 2.45) is 12.8 Å². The maximum atomic E-state index is 12.2. The number of piperazine rings is 1. The third-order valence-electron chi connectivity index (χ3n) is 7.08. The standard InChI is InChI=1S/C28H29N9O2/c1-34-17-22(14-32-34)21-11-23(27-24(28(29)38)15-33-37(27)18-21)20-4-5-25(30-13-20)36-9-7-35(8-10-36)16-19-3-6-26(39-2)31-12-19/h3-6,11-15,17-18H,7-10,16H2,1-2H3,(H2,29,38). The van der Waals surface area contributed by atoms with Gasteiger partial charge in [-0.2, -0.15) is 10.2 Å². The van der Waals surface area contributed by atoms with E-state index in [1.807, 2.05) is 56.1 Å². The number of fused-ring (bicyclic) bond motifs is 1. The number of carbonyl (C=O) groups is 1. The molecule has 0 atom stereocenters. The van der Waals surface area contributed by atoms with Crippen LogP contribution in [0.15, 0.2) is 67.5 Å². The maximum absolute atomic E-state index is 12.2.